The molecule has 3 aromatic rings. The Morgan fingerprint density at radius 2 is 1.70 bits per heavy atom. The number of nitrogens with zero attached hydrogens (tertiary/aromatic N) is 2. The van der Waals surface area contributed by atoms with Crippen LogP contribution in [0, 0.1) is 0 Å². The molecule has 0 saturated heterocycles. The molecule has 3 amide bonds. The maximum Gasteiger partial charge on any atom is 0.408 e. The highest BCUT2D eigenvalue weighted by Crippen LogP contribution is 2.10. The van der Waals surface area contributed by atoms with Crippen molar-refractivity contribution in [2.24, 2.45) is 5.73 Å². The molecular weight excluding hydrogens is 426 g/mol. The number of nitrogens with two attached hydrogens (primary N) is 1. The molecule has 0 aliphatic heterocycles. The number of nitrogens with one attached hydrogen (secondary N) is 2. The van der Waals surface area contributed by atoms with E-state index in [4.69, 9.17) is 10.5 Å². The van der Waals surface area contributed by atoms with Crippen LogP contribution in [0.1, 0.15) is 18.2 Å². The number of hydrogen-bond acceptors (Lipinski definition) is 7. The van der Waals surface area contributed by atoms with Crippen molar-refractivity contribution in [2.45, 2.75) is 38.1 Å². The number of aromatic nitrogens is 2. The first-order valence-electron chi connectivity index (χ1n) is 10.3. The first kappa shape index (κ1) is 23.6. The maximum absolute atomic E-state index is 12.7. The van der Waals surface area contributed by atoms with E-state index in [9.17, 15) is 19.5 Å². The molecule has 0 spiro atoms. The van der Waals surface area contributed by atoms with Gasteiger partial charge in [0.15, 0.2) is 0 Å². The van der Waals surface area contributed by atoms with E-state index in [1.54, 1.807) is 36.4 Å². The van der Waals surface area contributed by atoms with Crippen LogP contribution in [0.4, 0.5) is 4.79 Å². The lowest BCUT2D eigenvalue weighted by Crippen LogP contribution is -2.57. The summed E-state index contributed by atoms with van der Waals surface area (Å²) in [5.74, 6) is -1.59. The van der Waals surface area contributed by atoms with E-state index in [0.29, 0.717) is 16.7 Å². The molecule has 10 nitrogen and oxygen atoms in total. The summed E-state index contributed by atoms with van der Waals surface area (Å²) < 4.78 is 5.10. The van der Waals surface area contributed by atoms with Gasteiger partial charge in [0.05, 0.1) is 22.8 Å². The molecule has 33 heavy (non-hydrogen) atoms. The van der Waals surface area contributed by atoms with Gasteiger partial charge in [-0.1, -0.05) is 42.5 Å². The molecule has 172 valence electrons. The highest BCUT2D eigenvalue weighted by molar-refractivity contribution is 5.91. The van der Waals surface area contributed by atoms with E-state index in [2.05, 4.69) is 20.6 Å². The third-order valence-corrected chi connectivity index (χ3v) is 4.82. The molecule has 1 aromatic heterocycles. The molecule has 10 heteroatoms. The van der Waals surface area contributed by atoms with Crippen LogP contribution in [0.15, 0.2) is 60.8 Å². The van der Waals surface area contributed by atoms with Crippen LogP contribution in [-0.4, -0.2) is 51.2 Å². The molecule has 0 saturated carbocycles. The predicted molar refractivity (Wildman–Crippen MR) is 120 cm³/mol. The molecule has 3 rings (SSSR count). The number of hydrogen-bond donors (Lipinski definition) is 4. The number of ether oxygens (including phenoxy) is 1. The summed E-state index contributed by atoms with van der Waals surface area (Å²) in [5, 5.41) is 14.8. The summed E-state index contributed by atoms with van der Waals surface area (Å²) in [5.41, 5.74) is 7.99. The molecule has 1 heterocycles. The van der Waals surface area contributed by atoms with Gasteiger partial charge >= 0.3 is 6.09 Å². The largest absolute Gasteiger partial charge is 0.445 e. The SMILES string of the molecule is C[C@@H](O)[C@H](NC(=O)OCc1ccccc1)C(=O)N[C@H](Cc1cnc2ccccc2n1)C(N)=O. The van der Waals surface area contributed by atoms with Crippen molar-refractivity contribution in [3.8, 4) is 0 Å². The summed E-state index contributed by atoms with van der Waals surface area (Å²) in [4.78, 5) is 45.5. The number of carbonyl (C=O) groups excluding carboxylic acids is 3. The summed E-state index contributed by atoms with van der Waals surface area (Å²) >= 11 is 0. The molecule has 5 N–H and O–H groups in total. The number of benzene rings is 2. The predicted octanol–water partition coefficient (Wildman–Crippen LogP) is 0.818. The lowest BCUT2D eigenvalue weighted by molar-refractivity contribution is -0.130. The molecule has 0 fully saturated rings. The van der Waals surface area contributed by atoms with E-state index in [1.165, 1.54) is 13.1 Å². The number of fused-ring (bicyclic) bond motifs is 1. The first-order chi connectivity index (χ1) is 15.8. The topological polar surface area (TPSA) is 157 Å². The maximum atomic E-state index is 12.7. The van der Waals surface area contributed by atoms with Crippen LogP contribution < -0.4 is 16.4 Å². The van der Waals surface area contributed by atoms with Gasteiger partial charge in [0.2, 0.25) is 11.8 Å². The molecule has 0 aliphatic carbocycles. The molecular formula is C23H25N5O5. The second-order valence-electron chi connectivity index (χ2n) is 7.44. The van der Waals surface area contributed by atoms with E-state index in [-0.39, 0.29) is 13.0 Å². The average Bonchev–Trinajstić information content (AvgIpc) is 2.81. The Balaban J connectivity index is 1.63. The van der Waals surface area contributed by atoms with E-state index < -0.39 is 36.1 Å². The van der Waals surface area contributed by atoms with E-state index >= 15 is 0 Å². The average molecular weight is 451 g/mol. The lowest BCUT2D eigenvalue weighted by atomic mass is 10.1. The fraction of sp³-hybridized carbons (Fsp3) is 0.261. The zero-order chi connectivity index (χ0) is 23.8. The van der Waals surface area contributed by atoms with E-state index in [0.717, 1.165) is 5.56 Å². The number of alkyl carbamates (subject to hydrolysis) is 1. The fourth-order valence-corrected chi connectivity index (χ4v) is 3.08. The van der Waals surface area contributed by atoms with Crippen molar-refractivity contribution in [3.05, 3.63) is 72.1 Å². The Bertz CT molecular complexity index is 1120. The summed E-state index contributed by atoms with van der Waals surface area (Å²) in [6.45, 7) is 1.32. The molecule has 3 atom stereocenters. The first-order valence-corrected chi connectivity index (χ1v) is 10.3. The van der Waals surface area contributed by atoms with Crippen LogP contribution in [0.3, 0.4) is 0 Å². The van der Waals surface area contributed by atoms with Gasteiger partial charge < -0.3 is 26.2 Å². The van der Waals surface area contributed by atoms with Gasteiger partial charge in [-0.15, -0.1) is 0 Å². The summed E-state index contributed by atoms with van der Waals surface area (Å²) in [6.07, 6.45) is -0.668. The number of aliphatic hydroxyl groups excluding tert-OH is 1. The second-order valence-corrected chi connectivity index (χ2v) is 7.44. The van der Waals surface area contributed by atoms with Crippen LogP contribution in [0.25, 0.3) is 11.0 Å². The Kier molecular flexibility index (Phi) is 7.87. The molecule has 2 aromatic carbocycles. The number of rotatable bonds is 9. The Morgan fingerprint density at radius 1 is 1.03 bits per heavy atom. The fourth-order valence-electron chi connectivity index (χ4n) is 3.08. The van der Waals surface area contributed by atoms with Crippen LogP contribution >= 0.6 is 0 Å². The highest BCUT2D eigenvalue weighted by Gasteiger charge is 2.30. The third-order valence-electron chi connectivity index (χ3n) is 4.82. The molecule has 0 aliphatic rings. The summed E-state index contributed by atoms with van der Waals surface area (Å²) in [6, 6.07) is 13.7. The minimum absolute atomic E-state index is 0.00857. The zero-order valence-corrected chi connectivity index (χ0v) is 18.0. The van der Waals surface area contributed by atoms with Crippen LogP contribution in [0.2, 0.25) is 0 Å². The van der Waals surface area contributed by atoms with Gasteiger partial charge in [-0.05, 0) is 24.6 Å². The lowest BCUT2D eigenvalue weighted by Gasteiger charge is -2.23. The minimum Gasteiger partial charge on any atom is -0.445 e. The third kappa shape index (κ3) is 6.71. The number of para-hydroxylation sites is 2. The Hall–Kier alpha value is -4.05. The molecule has 0 unspecified atom stereocenters. The smallest absolute Gasteiger partial charge is 0.408 e. The number of aliphatic hydroxyl groups is 1. The highest BCUT2D eigenvalue weighted by atomic mass is 16.5. The quantitative estimate of drug-likeness (QED) is 0.375. The standard InChI is InChI=1S/C23H25N5O5/c1-14(29)20(28-23(32)33-13-15-7-3-2-4-8-15)22(31)27-19(21(24)30)11-16-12-25-17-9-5-6-10-18(17)26-16/h2-10,12,14,19-20,29H,11,13H2,1H3,(H2,24,30)(H,27,31)(H,28,32)/t14-,19-,20+/m1/s1. The van der Waals surface area contributed by atoms with Gasteiger partial charge in [0.25, 0.3) is 0 Å². The monoisotopic (exact) mass is 451 g/mol. The van der Waals surface area contributed by atoms with Crippen molar-refractivity contribution < 1.29 is 24.2 Å². The minimum atomic E-state index is -1.36. The zero-order valence-electron chi connectivity index (χ0n) is 18.0. The van der Waals surface area contributed by atoms with Crippen molar-refractivity contribution in [2.75, 3.05) is 0 Å². The number of carbonyl (C=O) groups is 3. The Labute approximate surface area is 190 Å². The van der Waals surface area contributed by atoms with Gasteiger partial charge in [-0.2, -0.15) is 0 Å². The molecule has 0 radical (unpaired) electrons. The van der Waals surface area contributed by atoms with Gasteiger partial charge in [-0.25, -0.2) is 9.78 Å². The number of amides is 3. The van der Waals surface area contributed by atoms with Gasteiger partial charge in [0, 0.05) is 12.6 Å². The van der Waals surface area contributed by atoms with Gasteiger partial charge in [0.1, 0.15) is 18.7 Å². The van der Waals surface area contributed by atoms with Crippen LogP contribution in [-0.2, 0) is 27.4 Å². The van der Waals surface area contributed by atoms with Crippen molar-refractivity contribution in [1.82, 2.24) is 20.6 Å². The van der Waals surface area contributed by atoms with Crippen molar-refractivity contribution in [1.29, 1.82) is 0 Å². The Morgan fingerprint density at radius 3 is 2.36 bits per heavy atom. The van der Waals surface area contributed by atoms with Crippen molar-refractivity contribution >= 4 is 28.9 Å². The van der Waals surface area contributed by atoms with Crippen LogP contribution in [0.5, 0.6) is 0 Å². The number of primary amides is 1. The normalized spacial score (nSPS) is 13.5. The second kappa shape index (κ2) is 11.0. The van der Waals surface area contributed by atoms with Crippen molar-refractivity contribution in [3.63, 3.8) is 0 Å². The van der Waals surface area contributed by atoms with Gasteiger partial charge in [-0.3, -0.25) is 14.6 Å². The van der Waals surface area contributed by atoms with E-state index in [1.807, 2.05) is 18.2 Å². The molecule has 0 bridgehead atoms. The summed E-state index contributed by atoms with van der Waals surface area (Å²) in [7, 11) is 0.